The summed E-state index contributed by atoms with van der Waals surface area (Å²) in [6.07, 6.45) is 4.35. The van der Waals surface area contributed by atoms with Gasteiger partial charge in [-0.05, 0) is 71.3 Å². The van der Waals surface area contributed by atoms with Gasteiger partial charge in [-0.25, -0.2) is 0 Å². The Balaban J connectivity index is 1.39. The molecule has 0 aromatic heterocycles. The van der Waals surface area contributed by atoms with E-state index in [0.717, 1.165) is 56.6 Å². The van der Waals surface area contributed by atoms with E-state index in [4.69, 9.17) is 0 Å². The molecule has 232 valence electrons. The van der Waals surface area contributed by atoms with Crippen molar-refractivity contribution in [3.05, 3.63) is 193 Å². The first kappa shape index (κ1) is 30.2. The van der Waals surface area contributed by atoms with E-state index < -0.39 is 0 Å². The maximum Gasteiger partial charge on any atom is 0.0890 e. The lowest BCUT2D eigenvalue weighted by molar-refractivity contribution is 1.44. The third-order valence-corrected chi connectivity index (χ3v) is 8.01. The molecule has 0 radical (unpaired) electrons. The van der Waals surface area contributed by atoms with Gasteiger partial charge < -0.3 is 21.3 Å². The molecule has 0 saturated carbocycles. The molecule has 0 fully saturated rings. The fourth-order valence-electron chi connectivity index (χ4n) is 5.60. The van der Waals surface area contributed by atoms with Crippen LogP contribution >= 0.6 is 0 Å². The molecule has 0 spiro atoms. The monoisotopic (exact) mass is 620 g/mol. The van der Waals surface area contributed by atoms with Crippen LogP contribution in [0.15, 0.2) is 182 Å². The van der Waals surface area contributed by atoms with Gasteiger partial charge in [0, 0.05) is 28.3 Å². The second-order valence-corrected chi connectivity index (χ2v) is 11.4. The molecule has 0 saturated heterocycles. The lowest BCUT2D eigenvalue weighted by Gasteiger charge is -2.25. The SMILES string of the molecule is C(=C\c1cc(Nc2ccccc2)c(Nc2ccccc2)c(Nc2ccccc2)c1Nc1ccccc1)/c1ccc(-c2ccccc2)cc1. The summed E-state index contributed by atoms with van der Waals surface area (Å²) in [5.41, 5.74) is 12.2. The van der Waals surface area contributed by atoms with Crippen molar-refractivity contribution >= 4 is 57.7 Å². The quantitative estimate of drug-likeness (QED) is 0.109. The van der Waals surface area contributed by atoms with Gasteiger partial charge in [0.15, 0.2) is 0 Å². The standard InChI is InChI=1S/C44H36N4/c1-6-16-34(17-7-1)35-29-26-33(27-30-35)28-31-36-32-41(45-37-18-8-2-9-19-37)43(47-39-22-12-4-13-23-39)44(48-40-24-14-5-15-25-40)42(36)46-38-20-10-3-11-21-38/h1-32,45-48H/b31-28+. The maximum absolute atomic E-state index is 3.77. The molecule has 7 aromatic rings. The third kappa shape index (κ3) is 7.47. The van der Waals surface area contributed by atoms with Crippen LogP contribution in [0.2, 0.25) is 0 Å². The van der Waals surface area contributed by atoms with Gasteiger partial charge in [-0.3, -0.25) is 0 Å². The van der Waals surface area contributed by atoms with Gasteiger partial charge in [-0.2, -0.15) is 0 Å². The molecular weight excluding hydrogens is 585 g/mol. The van der Waals surface area contributed by atoms with Crippen LogP contribution in [0.1, 0.15) is 11.1 Å². The molecule has 0 aliphatic carbocycles. The van der Waals surface area contributed by atoms with Gasteiger partial charge in [0.05, 0.1) is 22.7 Å². The summed E-state index contributed by atoms with van der Waals surface area (Å²) < 4.78 is 0. The molecule has 0 unspecified atom stereocenters. The van der Waals surface area contributed by atoms with E-state index in [1.165, 1.54) is 11.1 Å². The second-order valence-electron chi connectivity index (χ2n) is 11.4. The number of rotatable bonds is 11. The first-order valence-corrected chi connectivity index (χ1v) is 16.1. The summed E-state index contributed by atoms with van der Waals surface area (Å²) in [6.45, 7) is 0. The predicted octanol–water partition coefficient (Wildman–Crippen LogP) is 12.5. The van der Waals surface area contributed by atoms with E-state index in [0.29, 0.717) is 0 Å². The fraction of sp³-hybridized carbons (Fsp3) is 0. The highest BCUT2D eigenvalue weighted by Crippen LogP contribution is 2.46. The lowest BCUT2D eigenvalue weighted by Crippen LogP contribution is -2.07. The number of benzene rings is 7. The summed E-state index contributed by atoms with van der Waals surface area (Å²) in [6, 6.07) is 62.5. The van der Waals surface area contributed by atoms with Crippen LogP contribution in [-0.4, -0.2) is 0 Å². The predicted molar refractivity (Wildman–Crippen MR) is 206 cm³/mol. The number of anilines is 8. The van der Waals surface area contributed by atoms with Crippen LogP contribution in [0.3, 0.4) is 0 Å². The Kier molecular flexibility index (Phi) is 9.24. The van der Waals surface area contributed by atoms with Crippen molar-refractivity contribution in [3.8, 4) is 11.1 Å². The Labute approximate surface area is 282 Å². The Morgan fingerprint density at radius 1 is 0.312 bits per heavy atom. The Hall–Kier alpha value is -6.52. The zero-order chi connectivity index (χ0) is 32.4. The Morgan fingerprint density at radius 3 is 1.21 bits per heavy atom. The normalized spacial score (nSPS) is 10.8. The summed E-state index contributed by atoms with van der Waals surface area (Å²) in [4.78, 5) is 0. The van der Waals surface area contributed by atoms with Gasteiger partial charge in [0.1, 0.15) is 0 Å². The highest BCUT2D eigenvalue weighted by Gasteiger charge is 2.19. The minimum atomic E-state index is 0.911. The molecule has 0 amide bonds. The van der Waals surface area contributed by atoms with Crippen LogP contribution in [-0.2, 0) is 0 Å². The van der Waals surface area contributed by atoms with Crippen LogP contribution in [0.25, 0.3) is 23.3 Å². The molecular formula is C44H36N4. The Bertz CT molecular complexity index is 2080. The van der Waals surface area contributed by atoms with Crippen molar-refractivity contribution in [1.82, 2.24) is 0 Å². The highest BCUT2D eigenvalue weighted by atomic mass is 15.0. The molecule has 4 heteroatoms. The van der Waals surface area contributed by atoms with Gasteiger partial charge in [0.25, 0.3) is 0 Å². The zero-order valence-corrected chi connectivity index (χ0v) is 26.5. The van der Waals surface area contributed by atoms with Crippen LogP contribution in [0.5, 0.6) is 0 Å². The Morgan fingerprint density at radius 2 is 0.708 bits per heavy atom. The van der Waals surface area contributed by atoms with Crippen molar-refractivity contribution < 1.29 is 0 Å². The van der Waals surface area contributed by atoms with Crippen molar-refractivity contribution in [2.45, 2.75) is 0 Å². The molecule has 0 aliphatic rings. The number of nitrogens with one attached hydrogen (secondary N) is 4. The molecule has 7 aromatic carbocycles. The average Bonchev–Trinajstić information content (AvgIpc) is 3.15. The summed E-state index contributed by atoms with van der Waals surface area (Å²) in [7, 11) is 0. The fourth-order valence-corrected chi connectivity index (χ4v) is 5.60. The smallest absolute Gasteiger partial charge is 0.0890 e. The molecule has 0 heterocycles. The van der Waals surface area contributed by atoms with Crippen molar-refractivity contribution in [2.75, 3.05) is 21.3 Å². The number of para-hydroxylation sites is 4. The van der Waals surface area contributed by atoms with Crippen LogP contribution in [0.4, 0.5) is 45.5 Å². The molecule has 0 bridgehead atoms. The molecule has 0 aliphatic heterocycles. The average molecular weight is 621 g/mol. The summed E-state index contributed by atoms with van der Waals surface area (Å²) >= 11 is 0. The maximum atomic E-state index is 3.77. The molecule has 48 heavy (non-hydrogen) atoms. The molecule has 7 rings (SSSR count). The van der Waals surface area contributed by atoms with Gasteiger partial charge in [0.2, 0.25) is 0 Å². The third-order valence-electron chi connectivity index (χ3n) is 8.01. The molecule has 4 nitrogen and oxygen atoms in total. The minimum absolute atomic E-state index is 0.911. The van der Waals surface area contributed by atoms with E-state index in [9.17, 15) is 0 Å². The van der Waals surface area contributed by atoms with Crippen molar-refractivity contribution in [1.29, 1.82) is 0 Å². The van der Waals surface area contributed by atoms with Crippen molar-refractivity contribution in [2.24, 2.45) is 0 Å². The van der Waals surface area contributed by atoms with E-state index in [1.807, 2.05) is 78.9 Å². The largest absolute Gasteiger partial charge is 0.354 e. The zero-order valence-electron chi connectivity index (χ0n) is 26.5. The van der Waals surface area contributed by atoms with E-state index in [-0.39, 0.29) is 0 Å². The van der Waals surface area contributed by atoms with E-state index in [2.05, 4.69) is 137 Å². The first-order chi connectivity index (χ1) is 23.8. The van der Waals surface area contributed by atoms with Crippen molar-refractivity contribution in [3.63, 3.8) is 0 Å². The summed E-state index contributed by atoms with van der Waals surface area (Å²) in [5, 5.41) is 15.0. The lowest BCUT2D eigenvalue weighted by atomic mass is 10.0. The van der Waals surface area contributed by atoms with Crippen LogP contribution in [0, 0.1) is 0 Å². The molecule has 0 atom stereocenters. The van der Waals surface area contributed by atoms with Gasteiger partial charge in [-0.15, -0.1) is 0 Å². The number of hydrogen-bond acceptors (Lipinski definition) is 4. The molecule has 4 N–H and O–H groups in total. The minimum Gasteiger partial charge on any atom is -0.354 e. The highest BCUT2D eigenvalue weighted by molar-refractivity contribution is 6.02. The number of hydrogen-bond donors (Lipinski definition) is 4. The van der Waals surface area contributed by atoms with E-state index in [1.54, 1.807) is 0 Å². The van der Waals surface area contributed by atoms with E-state index >= 15 is 0 Å². The second kappa shape index (κ2) is 14.7. The van der Waals surface area contributed by atoms with Gasteiger partial charge in [-0.1, -0.05) is 140 Å². The first-order valence-electron chi connectivity index (χ1n) is 16.1. The topological polar surface area (TPSA) is 48.1 Å². The van der Waals surface area contributed by atoms with Crippen LogP contribution < -0.4 is 21.3 Å². The van der Waals surface area contributed by atoms with Gasteiger partial charge >= 0.3 is 0 Å². The summed E-state index contributed by atoms with van der Waals surface area (Å²) in [5.74, 6) is 0.